The number of hydrogen-bond donors (Lipinski definition) is 0. The van der Waals surface area contributed by atoms with Crippen molar-refractivity contribution in [2.45, 2.75) is 13.1 Å². The van der Waals surface area contributed by atoms with Crippen molar-refractivity contribution in [2.75, 3.05) is 13.2 Å². The lowest BCUT2D eigenvalue weighted by Gasteiger charge is -2.03. The number of ether oxygens (including phenoxy) is 2. The van der Waals surface area contributed by atoms with E-state index in [1.165, 1.54) is 0 Å². The van der Waals surface area contributed by atoms with Crippen LogP contribution in [0.3, 0.4) is 0 Å². The van der Waals surface area contributed by atoms with Crippen molar-refractivity contribution in [1.82, 2.24) is 0 Å². The number of rotatable bonds is 2. The Morgan fingerprint density at radius 1 is 1.06 bits per heavy atom. The maximum absolute atomic E-state index is 11.6. The Labute approximate surface area is 95.1 Å². The van der Waals surface area contributed by atoms with Crippen LogP contribution in [0.1, 0.15) is 6.92 Å². The van der Waals surface area contributed by atoms with Gasteiger partial charge >= 0.3 is 18.1 Å². The molecule has 0 aliphatic carbocycles. The molecule has 0 saturated heterocycles. The SMILES string of the molecule is CCOC(=O)C#CC#CC(=O)OCC(F)(F)F. The van der Waals surface area contributed by atoms with E-state index >= 15 is 0 Å². The molecule has 0 unspecified atom stereocenters. The summed E-state index contributed by atoms with van der Waals surface area (Å²) < 4.78 is 42.9. The van der Waals surface area contributed by atoms with Crippen LogP contribution in [0.2, 0.25) is 0 Å². The van der Waals surface area contributed by atoms with Gasteiger partial charge in [0.2, 0.25) is 0 Å². The molecule has 0 aromatic carbocycles. The minimum Gasteiger partial charge on any atom is -0.456 e. The summed E-state index contributed by atoms with van der Waals surface area (Å²) in [7, 11) is 0. The number of esters is 2. The molecule has 4 nitrogen and oxygen atoms in total. The molecule has 17 heavy (non-hydrogen) atoms. The number of hydrogen-bond acceptors (Lipinski definition) is 4. The third-order valence-electron chi connectivity index (χ3n) is 1.03. The fourth-order valence-electron chi connectivity index (χ4n) is 0.515. The molecule has 0 bridgehead atoms. The third kappa shape index (κ3) is 10.1. The lowest BCUT2D eigenvalue weighted by Crippen LogP contribution is -2.19. The molecule has 0 aliphatic rings. The molecule has 0 spiro atoms. The van der Waals surface area contributed by atoms with Crippen molar-refractivity contribution < 1.29 is 32.2 Å². The van der Waals surface area contributed by atoms with Gasteiger partial charge in [-0.25, -0.2) is 9.59 Å². The highest BCUT2D eigenvalue weighted by atomic mass is 19.4. The Bertz CT molecular complexity index is 403. The minimum absolute atomic E-state index is 0.133. The summed E-state index contributed by atoms with van der Waals surface area (Å²) in [5.74, 6) is 5.13. The Morgan fingerprint density at radius 2 is 1.53 bits per heavy atom. The Hall–Kier alpha value is -2.15. The summed E-state index contributed by atoms with van der Waals surface area (Å²) >= 11 is 0. The van der Waals surface area contributed by atoms with Gasteiger partial charge in [-0.2, -0.15) is 13.2 Å². The van der Waals surface area contributed by atoms with Crippen LogP contribution in [0.5, 0.6) is 0 Å². The van der Waals surface area contributed by atoms with E-state index in [1.54, 1.807) is 12.8 Å². The zero-order valence-electron chi connectivity index (χ0n) is 8.68. The van der Waals surface area contributed by atoms with E-state index in [9.17, 15) is 22.8 Å². The lowest BCUT2D eigenvalue weighted by molar-refractivity contribution is -0.182. The molecule has 0 rings (SSSR count). The summed E-state index contributed by atoms with van der Waals surface area (Å²) in [4.78, 5) is 21.2. The number of carbonyl (C=O) groups is 2. The van der Waals surface area contributed by atoms with Crippen molar-refractivity contribution in [2.24, 2.45) is 0 Å². The van der Waals surface area contributed by atoms with Crippen molar-refractivity contribution in [3.63, 3.8) is 0 Å². The summed E-state index contributed by atoms with van der Waals surface area (Å²) in [6, 6.07) is 0. The minimum atomic E-state index is -4.60. The molecule has 0 N–H and O–H groups in total. The number of carbonyl (C=O) groups excluding carboxylic acids is 2. The fourth-order valence-corrected chi connectivity index (χ4v) is 0.515. The standard InChI is InChI=1S/C10H7F3O4/c1-2-16-8(14)5-3-4-6-9(15)17-7-10(11,12)13/h2,7H2,1H3. The summed E-state index contributed by atoms with van der Waals surface area (Å²) in [5, 5.41) is 0. The quantitative estimate of drug-likeness (QED) is 0.409. The second-order valence-electron chi connectivity index (χ2n) is 2.41. The van der Waals surface area contributed by atoms with Gasteiger partial charge < -0.3 is 9.47 Å². The molecule has 7 heteroatoms. The van der Waals surface area contributed by atoms with Crippen molar-refractivity contribution in [3.05, 3.63) is 0 Å². The van der Waals surface area contributed by atoms with Crippen molar-refractivity contribution in [3.8, 4) is 23.7 Å². The molecule has 0 aromatic heterocycles. The van der Waals surface area contributed by atoms with Crippen LogP contribution in [0, 0.1) is 23.7 Å². The maximum atomic E-state index is 11.6. The van der Waals surface area contributed by atoms with Gasteiger partial charge in [0.05, 0.1) is 6.61 Å². The summed E-state index contributed by atoms with van der Waals surface area (Å²) in [6.07, 6.45) is -4.60. The van der Waals surface area contributed by atoms with Crippen LogP contribution in [0.4, 0.5) is 13.2 Å². The van der Waals surface area contributed by atoms with Gasteiger partial charge in [0, 0.05) is 11.8 Å². The molecule has 0 radical (unpaired) electrons. The molecular formula is C10H7F3O4. The Morgan fingerprint density at radius 3 is 1.94 bits per heavy atom. The molecule has 0 saturated carbocycles. The highest BCUT2D eigenvalue weighted by molar-refractivity contribution is 5.91. The molecule has 92 valence electrons. The Balaban J connectivity index is 4.10. The molecular weight excluding hydrogens is 241 g/mol. The van der Waals surface area contributed by atoms with E-state index in [1.807, 2.05) is 17.8 Å². The largest absolute Gasteiger partial charge is 0.456 e. The number of alkyl halides is 3. The van der Waals surface area contributed by atoms with Crippen molar-refractivity contribution in [1.29, 1.82) is 0 Å². The second-order valence-corrected chi connectivity index (χ2v) is 2.41. The van der Waals surface area contributed by atoms with Crippen LogP contribution < -0.4 is 0 Å². The average molecular weight is 248 g/mol. The molecule has 0 fully saturated rings. The molecule has 0 aliphatic heterocycles. The van der Waals surface area contributed by atoms with Crippen LogP contribution in [-0.2, 0) is 19.1 Å². The van der Waals surface area contributed by atoms with Crippen LogP contribution in [-0.4, -0.2) is 31.3 Å². The van der Waals surface area contributed by atoms with Gasteiger partial charge in [-0.3, -0.25) is 0 Å². The molecule has 0 aromatic rings. The molecule has 0 heterocycles. The fraction of sp³-hybridized carbons (Fsp3) is 0.400. The normalized spacial score (nSPS) is 9.18. The zero-order chi connectivity index (χ0) is 13.3. The van der Waals surface area contributed by atoms with E-state index in [-0.39, 0.29) is 6.61 Å². The van der Waals surface area contributed by atoms with Gasteiger partial charge in [-0.15, -0.1) is 0 Å². The van der Waals surface area contributed by atoms with E-state index in [0.29, 0.717) is 0 Å². The van der Waals surface area contributed by atoms with E-state index in [0.717, 1.165) is 0 Å². The highest BCUT2D eigenvalue weighted by Crippen LogP contribution is 2.14. The monoisotopic (exact) mass is 248 g/mol. The molecule has 0 atom stereocenters. The van der Waals surface area contributed by atoms with Crippen LogP contribution >= 0.6 is 0 Å². The van der Waals surface area contributed by atoms with E-state index in [4.69, 9.17) is 0 Å². The zero-order valence-corrected chi connectivity index (χ0v) is 8.68. The predicted octanol–water partition coefficient (Wildman–Crippen LogP) is 0.662. The van der Waals surface area contributed by atoms with Gasteiger partial charge in [0.25, 0.3) is 0 Å². The van der Waals surface area contributed by atoms with Gasteiger partial charge in [-0.1, -0.05) is 0 Å². The lowest BCUT2D eigenvalue weighted by atomic mass is 10.5. The van der Waals surface area contributed by atoms with Crippen LogP contribution in [0.25, 0.3) is 0 Å². The van der Waals surface area contributed by atoms with E-state index in [2.05, 4.69) is 9.47 Å². The maximum Gasteiger partial charge on any atom is 0.422 e. The van der Waals surface area contributed by atoms with Crippen LogP contribution in [0.15, 0.2) is 0 Å². The average Bonchev–Trinajstić information content (AvgIpc) is 2.21. The first-order valence-corrected chi connectivity index (χ1v) is 4.27. The molecule has 0 amide bonds. The van der Waals surface area contributed by atoms with E-state index < -0.39 is 24.7 Å². The number of halogens is 3. The highest BCUT2D eigenvalue weighted by Gasteiger charge is 2.29. The van der Waals surface area contributed by atoms with Gasteiger partial charge in [0.15, 0.2) is 6.61 Å². The smallest absolute Gasteiger partial charge is 0.422 e. The first-order valence-electron chi connectivity index (χ1n) is 4.27. The second kappa shape index (κ2) is 7.18. The Kier molecular flexibility index (Phi) is 6.27. The van der Waals surface area contributed by atoms with Crippen molar-refractivity contribution >= 4 is 11.9 Å². The summed E-state index contributed by atoms with van der Waals surface area (Å²) in [5.41, 5.74) is 0. The van der Waals surface area contributed by atoms with Gasteiger partial charge in [-0.05, 0) is 18.8 Å². The topological polar surface area (TPSA) is 52.6 Å². The first-order chi connectivity index (χ1) is 7.85. The first kappa shape index (κ1) is 14.8. The summed E-state index contributed by atoms with van der Waals surface area (Å²) in [6.45, 7) is -0.0137. The van der Waals surface area contributed by atoms with Gasteiger partial charge in [0.1, 0.15) is 0 Å². The predicted molar refractivity (Wildman–Crippen MR) is 49.2 cm³/mol. The third-order valence-corrected chi connectivity index (χ3v) is 1.03.